The van der Waals surface area contributed by atoms with E-state index in [-0.39, 0.29) is 0 Å². The average Bonchev–Trinajstić information content (AvgIpc) is 1.35. The summed E-state index contributed by atoms with van der Waals surface area (Å²) in [7, 11) is -1.76. The third-order valence-corrected chi connectivity index (χ3v) is 1.46. The minimum absolute atomic E-state index is 1.13. The van der Waals surface area contributed by atoms with E-state index >= 15 is 0 Å². The Bertz CT molecular complexity index is 60.6. The molecule has 1 unspecified atom stereocenters. The summed E-state index contributed by atoms with van der Waals surface area (Å²) in [4.78, 5) is 9.78. The molecule has 0 aliphatic heterocycles. The Hall–Kier alpha value is 0.370. The summed E-state index contributed by atoms with van der Waals surface area (Å²) in [5.74, 6) is 0. The topological polar surface area (TPSA) is 61.4 Å². The van der Waals surface area contributed by atoms with Crippen molar-refractivity contribution in [3.63, 3.8) is 0 Å². The van der Waals surface area contributed by atoms with Crippen LogP contribution < -0.4 is 10.4 Å². The highest BCUT2D eigenvalue weighted by atomic mass is 32.2. The van der Waals surface area contributed by atoms with Gasteiger partial charge in [-0.3, -0.25) is 0 Å². The minimum Gasteiger partial charge on any atom is -0.594 e. The molecule has 0 aliphatic rings. The van der Waals surface area contributed by atoms with Gasteiger partial charge in [0.15, 0.2) is 0 Å². The van der Waals surface area contributed by atoms with E-state index in [0.29, 0.717) is 0 Å². The first-order chi connectivity index (χ1) is 2.77. The predicted molar refractivity (Wildman–Crippen MR) is 27.1 cm³/mol. The molecule has 2 N–H and O–H groups in total. The lowest BCUT2D eigenvalue weighted by Crippen LogP contribution is -1.92. The van der Waals surface area contributed by atoms with Crippen LogP contribution in [0.3, 0.4) is 0 Å². The van der Waals surface area contributed by atoms with Crippen LogP contribution in [0.4, 0.5) is 0 Å². The molecule has 0 aliphatic carbocycles. The summed E-state index contributed by atoms with van der Waals surface area (Å²) >= 11 is 1.13. The third-order valence-electron chi connectivity index (χ3n) is 0.162. The molecule has 0 aromatic carbocycles. The van der Waals surface area contributed by atoms with E-state index < -0.39 is 8.09 Å². The number of hydrogen-bond donors (Lipinski definition) is 1. The number of rotatable bonds is 1. The fourth-order valence-corrected chi connectivity index (χ4v) is 0.724. The summed E-state index contributed by atoms with van der Waals surface area (Å²) < 4.78 is 3.33. The molecule has 1 atom stereocenters. The van der Waals surface area contributed by atoms with E-state index in [1.54, 1.807) is 6.26 Å². The zero-order valence-corrected chi connectivity index (χ0v) is 5.00. The summed E-state index contributed by atoms with van der Waals surface area (Å²) in [5.41, 5.74) is 4.72. The second kappa shape index (κ2) is 3.56. The molecule has 0 rings (SSSR count). The van der Waals surface area contributed by atoms with Crippen molar-refractivity contribution in [3.05, 3.63) is 0 Å². The number of hydrogen-bond acceptors (Lipinski definition) is 3. The molecule has 0 aromatic heterocycles. The lowest BCUT2D eigenvalue weighted by Gasteiger charge is -1.76. The highest BCUT2D eigenvalue weighted by molar-refractivity contribution is 7.99. The van der Waals surface area contributed by atoms with Crippen LogP contribution in [0.2, 0.25) is 0 Å². The molecule has 0 heterocycles. The van der Waals surface area contributed by atoms with Crippen LogP contribution in [0.1, 0.15) is 0 Å². The van der Waals surface area contributed by atoms with E-state index in [1.165, 1.54) is 0 Å². The van der Waals surface area contributed by atoms with Crippen LogP contribution >= 0.6 is 20.0 Å². The first-order valence-electron chi connectivity index (χ1n) is 1.23. The molecule has 0 fully saturated rings. The van der Waals surface area contributed by atoms with Crippen molar-refractivity contribution in [2.75, 3.05) is 6.26 Å². The fourth-order valence-electron chi connectivity index (χ4n) is 0.0805. The van der Waals surface area contributed by atoms with E-state index in [1.807, 2.05) is 0 Å². The molecular weight excluding hydrogens is 119 g/mol. The first-order valence-corrected chi connectivity index (χ1v) is 3.69. The Kier molecular flexibility index (Phi) is 3.78. The molecule has 0 amide bonds. The third kappa shape index (κ3) is 4.37. The molecule has 0 spiro atoms. The Morgan fingerprint density at radius 3 is 2.50 bits per heavy atom. The molecule has 5 heteroatoms. The molecule has 0 saturated heterocycles. The van der Waals surface area contributed by atoms with E-state index in [0.717, 1.165) is 11.9 Å². The zero-order chi connectivity index (χ0) is 4.99. The predicted octanol–water partition coefficient (Wildman–Crippen LogP) is 0.0789. The van der Waals surface area contributed by atoms with Gasteiger partial charge in [-0.1, -0.05) is 0 Å². The summed E-state index contributed by atoms with van der Waals surface area (Å²) in [6.07, 6.45) is 1.71. The van der Waals surface area contributed by atoms with Crippen LogP contribution in [-0.2, 0) is 0 Å². The average molecular weight is 124 g/mol. The fraction of sp³-hybridized carbons (Fsp3) is 1.00. The monoisotopic (exact) mass is 124 g/mol. The van der Waals surface area contributed by atoms with Gasteiger partial charge in [0.05, 0.1) is 0 Å². The van der Waals surface area contributed by atoms with Crippen molar-refractivity contribution in [1.29, 1.82) is 0 Å². The Balaban J connectivity index is 3.14. The van der Waals surface area contributed by atoms with Crippen molar-refractivity contribution in [3.8, 4) is 0 Å². The standard InChI is InChI=1S/CH5N2OPS/c1-6-3-5(2)4/h1H3,(H2,2,3). The molecule has 0 saturated carbocycles. The van der Waals surface area contributed by atoms with Gasteiger partial charge in [-0.2, -0.15) is 0 Å². The normalized spacial score (nSPS) is 12.2. The van der Waals surface area contributed by atoms with Crippen molar-refractivity contribution in [2.24, 2.45) is 9.65 Å². The van der Waals surface area contributed by atoms with Gasteiger partial charge in [0.1, 0.15) is 0 Å². The number of nitrogens with two attached hydrogens (primary N) is 1. The maximum Gasteiger partial charge on any atom is 0.272 e. The van der Waals surface area contributed by atoms with Gasteiger partial charge in [0.25, 0.3) is 8.09 Å². The lowest BCUT2D eigenvalue weighted by molar-refractivity contribution is -0.155. The lowest BCUT2D eigenvalue weighted by atomic mass is 12.0. The molecule has 36 valence electrons. The van der Waals surface area contributed by atoms with Crippen LogP contribution in [0.25, 0.3) is 0 Å². The van der Waals surface area contributed by atoms with E-state index in [2.05, 4.69) is 4.15 Å². The maximum absolute atomic E-state index is 9.78. The number of nitrogens with zero attached hydrogens (tertiary/aromatic N) is 1. The highest BCUT2D eigenvalue weighted by Crippen LogP contribution is 2.07. The zero-order valence-electron chi connectivity index (χ0n) is 3.29. The Morgan fingerprint density at radius 2 is 2.50 bits per heavy atom. The summed E-state index contributed by atoms with van der Waals surface area (Å²) in [6.45, 7) is 0. The van der Waals surface area contributed by atoms with Crippen LogP contribution in [0.5, 0.6) is 0 Å². The highest BCUT2D eigenvalue weighted by Gasteiger charge is 1.76. The van der Waals surface area contributed by atoms with E-state index in [9.17, 15) is 4.89 Å². The van der Waals surface area contributed by atoms with Crippen LogP contribution in [-0.4, -0.2) is 6.26 Å². The largest absolute Gasteiger partial charge is 0.594 e. The van der Waals surface area contributed by atoms with Gasteiger partial charge in [-0.05, 0) is 4.15 Å². The second-order valence-electron chi connectivity index (χ2n) is 0.567. The van der Waals surface area contributed by atoms with Gasteiger partial charge >= 0.3 is 0 Å². The van der Waals surface area contributed by atoms with Gasteiger partial charge in [0.2, 0.25) is 0 Å². The van der Waals surface area contributed by atoms with Gasteiger partial charge < -0.3 is 4.89 Å². The summed E-state index contributed by atoms with van der Waals surface area (Å²) in [5, 5.41) is 0. The first kappa shape index (κ1) is 6.37. The van der Waals surface area contributed by atoms with Gasteiger partial charge in [-0.15, -0.1) is 5.50 Å². The Labute approximate surface area is 41.7 Å². The maximum atomic E-state index is 9.78. The molecule has 0 radical (unpaired) electrons. The van der Waals surface area contributed by atoms with Crippen molar-refractivity contribution in [2.45, 2.75) is 0 Å². The second-order valence-corrected chi connectivity index (χ2v) is 2.19. The molecule has 0 bridgehead atoms. The minimum atomic E-state index is -1.76. The van der Waals surface area contributed by atoms with E-state index in [4.69, 9.17) is 5.50 Å². The molecule has 0 aromatic rings. The SMILES string of the molecule is CSN=[P+](N)[O-]. The molecule has 3 nitrogen and oxygen atoms in total. The van der Waals surface area contributed by atoms with Crippen LogP contribution in [0.15, 0.2) is 4.15 Å². The smallest absolute Gasteiger partial charge is 0.272 e. The van der Waals surface area contributed by atoms with Crippen molar-refractivity contribution >= 4 is 20.0 Å². The molecular formula is CH5N2OPS. The molecule has 6 heavy (non-hydrogen) atoms. The summed E-state index contributed by atoms with van der Waals surface area (Å²) in [6, 6.07) is 0. The van der Waals surface area contributed by atoms with Crippen molar-refractivity contribution < 1.29 is 4.89 Å². The van der Waals surface area contributed by atoms with Gasteiger partial charge in [0, 0.05) is 18.2 Å². The van der Waals surface area contributed by atoms with Crippen LogP contribution in [0, 0.1) is 0 Å². The van der Waals surface area contributed by atoms with Gasteiger partial charge in [-0.25, -0.2) is 0 Å². The Morgan fingerprint density at radius 1 is 2.00 bits per heavy atom. The quantitative estimate of drug-likeness (QED) is 0.397. The van der Waals surface area contributed by atoms with Crippen molar-refractivity contribution in [1.82, 2.24) is 0 Å².